The number of aryl methyl sites for hydroxylation is 1. The molecule has 1 saturated heterocycles. The maximum absolute atomic E-state index is 15.1. The van der Waals surface area contributed by atoms with Crippen LogP contribution in [0.15, 0.2) is 60.8 Å². The van der Waals surface area contributed by atoms with Gasteiger partial charge in [0.05, 0.1) is 12.6 Å². The molecule has 4 aromatic rings. The van der Waals surface area contributed by atoms with Crippen LogP contribution in [0.5, 0.6) is 0 Å². The molecular formula is C46H59FN10O7. The summed E-state index contributed by atoms with van der Waals surface area (Å²) in [6.45, 7) is 13.1. The predicted octanol–water partition coefficient (Wildman–Crippen LogP) is 6.31. The van der Waals surface area contributed by atoms with Crippen molar-refractivity contribution in [2.45, 2.75) is 116 Å². The van der Waals surface area contributed by atoms with Crippen LogP contribution in [0.25, 0.3) is 22.5 Å². The van der Waals surface area contributed by atoms with Gasteiger partial charge in [-0.05, 0) is 139 Å². The predicted molar refractivity (Wildman–Crippen MR) is 237 cm³/mol. The van der Waals surface area contributed by atoms with Crippen LogP contribution in [0, 0.1) is 18.8 Å². The van der Waals surface area contributed by atoms with E-state index in [0.29, 0.717) is 36.5 Å². The van der Waals surface area contributed by atoms with E-state index in [0.717, 1.165) is 35.1 Å². The summed E-state index contributed by atoms with van der Waals surface area (Å²) in [7, 11) is 0. The van der Waals surface area contributed by atoms with Gasteiger partial charge in [0.25, 0.3) is 5.91 Å². The van der Waals surface area contributed by atoms with Crippen LogP contribution in [-0.4, -0.2) is 110 Å². The molecule has 17 nitrogen and oxygen atoms in total. The van der Waals surface area contributed by atoms with E-state index in [1.165, 1.54) is 4.90 Å². The lowest BCUT2D eigenvalue weighted by Gasteiger charge is -2.35. The van der Waals surface area contributed by atoms with Gasteiger partial charge in [-0.15, -0.1) is 10.2 Å². The summed E-state index contributed by atoms with van der Waals surface area (Å²) >= 11 is 0. The van der Waals surface area contributed by atoms with Gasteiger partial charge in [-0.2, -0.15) is 5.21 Å². The Morgan fingerprint density at radius 3 is 2.17 bits per heavy atom. The van der Waals surface area contributed by atoms with Gasteiger partial charge < -0.3 is 35.6 Å². The Morgan fingerprint density at radius 2 is 1.56 bits per heavy atom. The SMILES string of the molecule is Cc1cc(C(=O)NC2CCN(C(=O)OC(C)(C)C)CC2F)ncc1-c1ccc(CC(NC(=O)C2CCC(CNC(=O)OC(C)(C)C)CC2)C(=O)Nc2ccc(-c3nn[nH]n3)cc2)cc1. The van der Waals surface area contributed by atoms with Gasteiger partial charge >= 0.3 is 12.2 Å². The monoisotopic (exact) mass is 882 g/mol. The van der Waals surface area contributed by atoms with Crippen molar-refractivity contribution in [2.24, 2.45) is 11.8 Å². The van der Waals surface area contributed by atoms with Gasteiger partial charge in [0.2, 0.25) is 17.6 Å². The van der Waals surface area contributed by atoms with Crippen molar-refractivity contribution >= 4 is 35.6 Å². The molecule has 342 valence electrons. The Labute approximate surface area is 372 Å². The fourth-order valence-corrected chi connectivity index (χ4v) is 7.73. The number of alkyl halides is 1. The summed E-state index contributed by atoms with van der Waals surface area (Å²) in [5, 5.41) is 25.6. The largest absolute Gasteiger partial charge is 0.444 e. The molecule has 2 aliphatic rings. The summed E-state index contributed by atoms with van der Waals surface area (Å²) in [5.41, 5.74) is 3.25. The number of likely N-dealkylation sites (tertiary alicyclic amines) is 1. The number of aromatic amines is 1. The van der Waals surface area contributed by atoms with Gasteiger partial charge in [-0.1, -0.05) is 24.3 Å². The van der Waals surface area contributed by atoms with Crippen LogP contribution in [0.2, 0.25) is 0 Å². The molecule has 2 fully saturated rings. The molecule has 2 aromatic heterocycles. The van der Waals surface area contributed by atoms with Crippen LogP contribution >= 0.6 is 0 Å². The molecule has 1 saturated carbocycles. The molecule has 3 unspecified atom stereocenters. The molecule has 0 spiro atoms. The first kappa shape index (κ1) is 47.0. The van der Waals surface area contributed by atoms with E-state index in [4.69, 9.17) is 9.47 Å². The Hall–Kier alpha value is -6.46. The van der Waals surface area contributed by atoms with Gasteiger partial charge in [-0.25, -0.2) is 14.0 Å². The van der Waals surface area contributed by atoms with Gasteiger partial charge in [0, 0.05) is 48.4 Å². The smallest absolute Gasteiger partial charge is 0.410 e. The van der Waals surface area contributed by atoms with Crippen LogP contribution in [0.4, 0.5) is 19.7 Å². The fraction of sp³-hybridized carbons (Fsp3) is 0.500. The second kappa shape index (κ2) is 20.4. The normalized spacial score (nSPS) is 19.5. The third-order valence-corrected chi connectivity index (χ3v) is 11.1. The fourth-order valence-electron chi connectivity index (χ4n) is 7.73. The summed E-state index contributed by atoms with van der Waals surface area (Å²) in [4.78, 5) is 71.2. The average molecular weight is 883 g/mol. The highest BCUT2D eigenvalue weighted by Gasteiger charge is 2.35. The van der Waals surface area contributed by atoms with Crippen LogP contribution in [-0.2, 0) is 25.5 Å². The second-order valence-electron chi connectivity index (χ2n) is 18.6. The van der Waals surface area contributed by atoms with Crippen molar-refractivity contribution in [1.82, 2.24) is 46.5 Å². The summed E-state index contributed by atoms with van der Waals surface area (Å²) in [6, 6.07) is 14.5. The molecule has 2 aromatic carbocycles. The number of carbonyl (C=O) groups excluding carboxylic acids is 5. The van der Waals surface area contributed by atoms with Crippen molar-refractivity contribution in [3.8, 4) is 22.5 Å². The Balaban J connectivity index is 1.08. The number of benzene rings is 2. The minimum Gasteiger partial charge on any atom is -0.444 e. The summed E-state index contributed by atoms with van der Waals surface area (Å²) < 4.78 is 25.9. The van der Waals surface area contributed by atoms with Crippen LogP contribution in [0.1, 0.15) is 95.3 Å². The standard InChI is InChI=1S/C46H59FN10O7/c1-27-22-37(41(59)51-36-20-21-57(26-35(36)47)44(62)64-46(5,6)7)48-25-34(27)30-12-8-28(9-13-30)23-38(42(60)50-33-18-16-31(17-19-33)39-53-55-56-54-39)52-40(58)32-14-10-29(11-15-32)24-49-43(61)63-45(2,3)4/h8-9,12-13,16-19,22,25,29,32,35-36,38H,10-11,14-15,20-21,23-24,26H2,1-7H3,(H,49,61)(H,50,60)(H,51,59)(H,52,58)(H,53,54,55,56). The van der Waals surface area contributed by atoms with E-state index in [2.05, 4.69) is 46.9 Å². The first-order valence-corrected chi connectivity index (χ1v) is 21.7. The zero-order chi connectivity index (χ0) is 46.2. The van der Waals surface area contributed by atoms with E-state index >= 15 is 4.39 Å². The highest BCUT2D eigenvalue weighted by Crippen LogP contribution is 2.30. The van der Waals surface area contributed by atoms with E-state index in [-0.39, 0.29) is 55.3 Å². The number of nitrogens with one attached hydrogen (secondary N) is 5. The third kappa shape index (κ3) is 13.3. The number of halogens is 1. The van der Waals surface area contributed by atoms with E-state index in [1.807, 2.05) is 52.0 Å². The van der Waals surface area contributed by atoms with Gasteiger partial charge in [-0.3, -0.25) is 19.4 Å². The number of hydrogen-bond acceptors (Lipinski definition) is 11. The molecule has 6 rings (SSSR count). The van der Waals surface area contributed by atoms with Crippen molar-refractivity contribution in [1.29, 1.82) is 0 Å². The van der Waals surface area contributed by atoms with E-state index in [9.17, 15) is 24.0 Å². The number of ether oxygens (including phenoxy) is 2. The van der Waals surface area contributed by atoms with Crippen molar-refractivity contribution < 1.29 is 37.8 Å². The number of nitrogens with zero attached hydrogens (tertiary/aromatic N) is 5. The zero-order valence-corrected chi connectivity index (χ0v) is 37.5. The Bertz CT molecular complexity index is 2250. The first-order chi connectivity index (χ1) is 30.3. The zero-order valence-electron chi connectivity index (χ0n) is 37.5. The molecule has 5 amide bonds. The Kier molecular flexibility index (Phi) is 15.0. The molecule has 1 aliphatic carbocycles. The molecule has 1 aliphatic heterocycles. The maximum Gasteiger partial charge on any atom is 0.410 e. The van der Waals surface area contributed by atoms with E-state index < -0.39 is 47.6 Å². The van der Waals surface area contributed by atoms with E-state index in [1.54, 1.807) is 57.3 Å². The molecule has 3 heterocycles. The number of anilines is 1. The van der Waals surface area contributed by atoms with Gasteiger partial charge in [0.1, 0.15) is 29.1 Å². The average Bonchev–Trinajstić information content (AvgIpc) is 3.78. The molecule has 0 radical (unpaired) electrons. The second-order valence-corrected chi connectivity index (χ2v) is 18.6. The molecule has 5 N–H and O–H groups in total. The highest BCUT2D eigenvalue weighted by atomic mass is 19.1. The number of hydrogen-bond donors (Lipinski definition) is 5. The number of piperidine rings is 1. The topological polar surface area (TPSA) is 223 Å². The van der Waals surface area contributed by atoms with Gasteiger partial charge in [0.15, 0.2) is 0 Å². The number of rotatable bonds is 12. The lowest BCUT2D eigenvalue weighted by atomic mass is 9.81. The van der Waals surface area contributed by atoms with Crippen molar-refractivity contribution in [2.75, 3.05) is 25.0 Å². The molecule has 0 bridgehead atoms. The number of alkyl carbamates (subject to hydrolysis) is 1. The first-order valence-electron chi connectivity index (χ1n) is 21.7. The summed E-state index contributed by atoms with van der Waals surface area (Å²) in [6.07, 6.45) is 2.23. The number of tetrazole rings is 1. The van der Waals surface area contributed by atoms with Crippen LogP contribution < -0.4 is 21.3 Å². The quantitative estimate of drug-likeness (QED) is 0.106. The Morgan fingerprint density at radius 1 is 0.891 bits per heavy atom. The summed E-state index contributed by atoms with van der Waals surface area (Å²) in [5.74, 6) is -0.774. The number of amides is 5. The minimum absolute atomic E-state index is 0.139. The molecule has 64 heavy (non-hydrogen) atoms. The third-order valence-electron chi connectivity index (χ3n) is 11.1. The molecule has 3 atom stereocenters. The van der Waals surface area contributed by atoms with Crippen molar-refractivity contribution in [3.05, 3.63) is 77.6 Å². The number of aromatic nitrogens is 5. The highest BCUT2D eigenvalue weighted by molar-refractivity contribution is 5.98. The number of H-pyrrole nitrogens is 1. The maximum atomic E-state index is 15.1. The lowest BCUT2D eigenvalue weighted by Crippen LogP contribution is -2.54. The molecular weight excluding hydrogens is 824 g/mol. The lowest BCUT2D eigenvalue weighted by molar-refractivity contribution is -0.130. The minimum atomic E-state index is -1.47. The number of pyridine rings is 1. The van der Waals surface area contributed by atoms with Crippen molar-refractivity contribution in [3.63, 3.8) is 0 Å². The number of carbonyl (C=O) groups is 5. The van der Waals surface area contributed by atoms with Crippen LogP contribution in [0.3, 0.4) is 0 Å². The molecule has 18 heteroatoms.